The second-order valence-electron chi connectivity index (χ2n) is 2.57. The maximum Gasteiger partial charge on any atom is 0.268 e. The van der Waals surface area contributed by atoms with Gasteiger partial charge in [-0.3, -0.25) is 9.89 Å². The molecule has 0 fully saturated rings. The van der Waals surface area contributed by atoms with Crippen LogP contribution in [-0.4, -0.2) is 10.2 Å². The van der Waals surface area contributed by atoms with E-state index < -0.39 is 0 Å². The molecule has 0 spiro atoms. The maximum absolute atomic E-state index is 11.1. The molecule has 0 aliphatic heterocycles. The van der Waals surface area contributed by atoms with E-state index >= 15 is 0 Å². The van der Waals surface area contributed by atoms with Crippen molar-refractivity contribution in [2.75, 3.05) is 0 Å². The average Bonchev–Trinajstić information content (AvgIpc) is 2.35. The SMILES string of the molecule is CCC#CCc1c(C)[nH][nH]c1=O. The third kappa shape index (κ3) is 1.79. The molecule has 0 atom stereocenters. The fourth-order valence-electron chi connectivity index (χ4n) is 0.960. The van der Waals surface area contributed by atoms with E-state index in [-0.39, 0.29) is 5.56 Å². The molecule has 64 valence electrons. The van der Waals surface area contributed by atoms with Crippen molar-refractivity contribution in [3.05, 3.63) is 21.6 Å². The Morgan fingerprint density at radius 3 is 2.58 bits per heavy atom. The number of aryl methyl sites for hydroxylation is 1. The molecule has 0 saturated carbocycles. The van der Waals surface area contributed by atoms with Crippen LogP contribution in [0.25, 0.3) is 0 Å². The number of hydrogen-bond donors (Lipinski definition) is 2. The highest BCUT2D eigenvalue weighted by atomic mass is 16.1. The Morgan fingerprint density at radius 1 is 1.33 bits per heavy atom. The summed E-state index contributed by atoms with van der Waals surface area (Å²) in [6.07, 6.45) is 1.37. The molecule has 0 aliphatic rings. The van der Waals surface area contributed by atoms with Crippen LogP contribution in [0, 0.1) is 18.8 Å². The number of rotatable bonds is 1. The van der Waals surface area contributed by atoms with Crippen molar-refractivity contribution >= 4 is 0 Å². The molecule has 3 nitrogen and oxygen atoms in total. The molecule has 12 heavy (non-hydrogen) atoms. The van der Waals surface area contributed by atoms with Crippen molar-refractivity contribution in [1.82, 2.24) is 10.2 Å². The Labute approximate surface area is 71.2 Å². The Morgan fingerprint density at radius 2 is 2.08 bits per heavy atom. The van der Waals surface area contributed by atoms with Crippen LogP contribution in [-0.2, 0) is 6.42 Å². The van der Waals surface area contributed by atoms with E-state index in [4.69, 9.17) is 0 Å². The summed E-state index contributed by atoms with van der Waals surface area (Å²) >= 11 is 0. The zero-order valence-corrected chi connectivity index (χ0v) is 7.32. The van der Waals surface area contributed by atoms with Gasteiger partial charge in [-0.15, -0.1) is 5.92 Å². The van der Waals surface area contributed by atoms with Gasteiger partial charge in [0.2, 0.25) is 0 Å². The van der Waals surface area contributed by atoms with Crippen LogP contribution in [0.5, 0.6) is 0 Å². The normalized spacial score (nSPS) is 9.17. The van der Waals surface area contributed by atoms with E-state index in [1.165, 1.54) is 0 Å². The van der Waals surface area contributed by atoms with Crippen LogP contribution in [0.4, 0.5) is 0 Å². The van der Waals surface area contributed by atoms with E-state index in [9.17, 15) is 4.79 Å². The molecule has 2 N–H and O–H groups in total. The molecular weight excluding hydrogens is 152 g/mol. The van der Waals surface area contributed by atoms with Gasteiger partial charge in [0.25, 0.3) is 5.56 Å². The van der Waals surface area contributed by atoms with E-state index in [1.54, 1.807) is 0 Å². The van der Waals surface area contributed by atoms with Crippen LogP contribution in [0.1, 0.15) is 24.6 Å². The molecule has 0 aliphatic carbocycles. The van der Waals surface area contributed by atoms with Gasteiger partial charge in [-0.1, -0.05) is 12.8 Å². The van der Waals surface area contributed by atoms with Crippen molar-refractivity contribution in [2.45, 2.75) is 26.7 Å². The van der Waals surface area contributed by atoms with Crippen LogP contribution in [0.15, 0.2) is 4.79 Å². The van der Waals surface area contributed by atoms with Crippen molar-refractivity contribution in [2.24, 2.45) is 0 Å². The van der Waals surface area contributed by atoms with E-state index in [1.807, 2.05) is 13.8 Å². The van der Waals surface area contributed by atoms with Gasteiger partial charge >= 0.3 is 0 Å². The van der Waals surface area contributed by atoms with Crippen molar-refractivity contribution in [3.8, 4) is 11.8 Å². The fraction of sp³-hybridized carbons (Fsp3) is 0.444. The summed E-state index contributed by atoms with van der Waals surface area (Å²) in [5, 5.41) is 5.27. The van der Waals surface area contributed by atoms with Crippen LogP contribution >= 0.6 is 0 Å². The smallest absolute Gasteiger partial charge is 0.268 e. The van der Waals surface area contributed by atoms with E-state index in [2.05, 4.69) is 22.0 Å². The lowest BCUT2D eigenvalue weighted by molar-refractivity contribution is 1.02. The van der Waals surface area contributed by atoms with Crippen molar-refractivity contribution in [3.63, 3.8) is 0 Å². The topological polar surface area (TPSA) is 48.6 Å². The number of aromatic nitrogens is 2. The van der Waals surface area contributed by atoms with E-state index in [0.717, 1.165) is 17.7 Å². The van der Waals surface area contributed by atoms with Crippen molar-refractivity contribution in [1.29, 1.82) is 0 Å². The summed E-state index contributed by atoms with van der Waals surface area (Å²) < 4.78 is 0. The Kier molecular flexibility index (Phi) is 2.76. The number of H-pyrrole nitrogens is 2. The van der Waals surface area contributed by atoms with Gasteiger partial charge in [0.15, 0.2) is 0 Å². The van der Waals surface area contributed by atoms with Crippen LogP contribution in [0.3, 0.4) is 0 Å². The Bertz CT molecular complexity index is 362. The second kappa shape index (κ2) is 3.82. The first-order valence-corrected chi connectivity index (χ1v) is 3.97. The lowest BCUT2D eigenvalue weighted by atomic mass is 10.2. The average molecular weight is 164 g/mol. The summed E-state index contributed by atoms with van der Waals surface area (Å²) in [4.78, 5) is 11.1. The first-order chi connectivity index (χ1) is 5.75. The molecule has 0 bridgehead atoms. The van der Waals surface area contributed by atoms with Gasteiger partial charge in [0.05, 0.1) is 5.56 Å². The first kappa shape index (κ1) is 8.66. The number of nitrogens with one attached hydrogen (secondary N) is 2. The first-order valence-electron chi connectivity index (χ1n) is 3.97. The maximum atomic E-state index is 11.1. The molecule has 0 radical (unpaired) electrons. The molecule has 1 heterocycles. The van der Waals surface area contributed by atoms with Gasteiger partial charge in [-0.2, -0.15) is 0 Å². The van der Waals surface area contributed by atoms with Crippen molar-refractivity contribution < 1.29 is 0 Å². The molecular formula is C9H12N2O. The predicted octanol–water partition coefficient (Wildman–Crippen LogP) is 0.967. The predicted molar refractivity (Wildman–Crippen MR) is 47.9 cm³/mol. The molecule has 0 amide bonds. The largest absolute Gasteiger partial charge is 0.302 e. The Hall–Kier alpha value is -1.43. The lowest BCUT2D eigenvalue weighted by Crippen LogP contribution is -2.05. The minimum Gasteiger partial charge on any atom is -0.302 e. The molecule has 1 rings (SSSR count). The summed E-state index contributed by atoms with van der Waals surface area (Å²) in [7, 11) is 0. The standard InChI is InChI=1S/C9H12N2O/c1-3-4-5-6-8-7(2)10-11-9(8)12/h3,6H2,1-2H3,(H2,10,11,12). The summed E-state index contributed by atoms with van der Waals surface area (Å²) in [5.41, 5.74) is 1.57. The third-order valence-corrected chi connectivity index (χ3v) is 1.66. The molecule has 1 aromatic heterocycles. The van der Waals surface area contributed by atoms with Crippen LogP contribution in [0.2, 0.25) is 0 Å². The zero-order chi connectivity index (χ0) is 8.97. The fourth-order valence-corrected chi connectivity index (χ4v) is 0.960. The minimum absolute atomic E-state index is 0.0575. The van der Waals surface area contributed by atoms with Gasteiger partial charge in [0, 0.05) is 18.5 Å². The lowest BCUT2D eigenvalue weighted by Gasteiger charge is -1.86. The van der Waals surface area contributed by atoms with E-state index in [0.29, 0.717) is 6.42 Å². The molecule has 1 aromatic rings. The third-order valence-electron chi connectivity index (χ3n) is 1.66. The van der Waals surface area contributed by atoms with Gasteiger partial charge in [-0.25, -0.2) is 0 Å². The monoisotopic (exact) mass is 164 g/mol. The molecule has 0 aromatic carbocycles. The molecule has 0 saturated heterocycles. The molecule has 0 unspecified atom stereocenters. The summed E-state index contributed by atoms with van der Waals surface area (Å²) in [6.45, 7) is 3.85. The minimum atomic E-state index is -0.0575. The number of aromatic amines is 2. The summed E-state index contributed by atoms with van der Waals surface area (Å²) in [5.74, 6) is 5.85. The van der Waals surface area contributed by atoms with Gasteiger partial charge < -0.3 is 5.10 Å². The van der Waals surface area contributed by atoms with Gasteiger partial charge in [0.1, 0.15) is 0 Å². The quantitative estimate of drug-likeness (QED) is 0.597. The number of hydrogen-bond acceptors (Lipinski definition) is 1. The van der Waals surface area contributed by atoms with Crippen LogP contribution < -0.4 is 5.56 Å². The Balaban J connectivity index is 2.81. The second-order valence-corrected chi connectivity index (χ2v) is 2.57. The molecule has 3 heteroatoms. The van der Waals surface area contributed by atoms with Gasteiger partial charge in [-0.05, 0) is 6.92 Å². The summed E-state index contributed by atoms with van der Waals surface area (Å²) in [6, 6.07) is 0. The zero-order valence-electron chi connectivity index (χ0n) is 7.32. The highest BCUT2D eigenvalue weighted by Crippen LogP contribution is 1.96. The highest BCUT2D eigenvalue weighted by molar-refractivity contribution is 5.21. The highest BCUT2D eigenvalue weighted by Gasteiger charge is 2.02.